The average Bonchev–Trinajstić information content (AvgIpc) is 2.89. The maximum absolute atomic E-state index is 12.0. The second kappa shape index (κ2) is 8.27. The molecule has 0 bridgehead atoms. The van der Waals surface area contributed by atoms with Gasteiger partial charge in [0.2, 0.25) is 5.91 Å². The van der Waals surface area contributed by atoms with Crippen molar-refractivity contribution >= 4 is 17.2 Å². The fraction of sp³-hybridized carbons (Fsp3) is 0.643. The predicted octanol–water partition coefficient (Wildman–Crippen LogP) is 3.05. The van der Waals surface area contributed by atoms with Gasteiger partial charge in [-0.1, -0.05) is 19.4 Å². The van der Waals surface area contributed by atoms with Crippen LogP contribution in [0.1, 0.15) is 44.5 Å². The summed E-state index contributed by atoms with van der Waals surface area (Å²) in [5.41, 5.74) is 0. The molecule has 1 rings (SSSR count). The van der Waals surface area contributed by atoms with Crippen LogP contribution in [0.5, 0.6) is 0 Å². The van der Waals surface area contributed by atoms with E-state index >= 15 is 0 Å². The van der Waals surface area contributed by atoms with E-state index < -0.39 is 0 Å². The SMILES string of the molecule is CCCC(NCC(=O)N(CC)CC)c1cccs1. The molecule has 0 saturated carbocycles. The largest absolute Gasteiger partial charge is 0.342 e. The summed E-state index contributed by atoms with van der Waals surface area (Å²) in [5.74, 6) is 0.192. The summed E-state index contributed by atoms with van der Waals surface area (Å²) in [4.78, 5) is 15.1. The Balaban J connectivity index is 2.50. The minimum atomic E-state index is 0.192. The molecule has 3 nitrogen and oxygen atoms in total. The van der Waals surface area contributed by atoms with Crippen molar-refractivity contribution in [2.75, 3.05) is 19.6 Å². The minimum Gasteiger partial charge on any atom is -0.342 e. The maximum Gasteiger partial charge on any atom is 0.236 e. The van der Waals surface area contributed by atoms with Crippen LogP contribution in [0.15, 0.2) is 17.5 Å². The number of carbonyl (C=O) groups is 1. The Bertz CT molecular complexity index is 334. The highest BCUT2D eigenvalue weighted by Crippen LogP contribution is 2.22. The summed E-state index contributed by atoms with van der Waals surface area (Å²) in [7, 11) is 0. The number of likely N-dealkylation sites (N-methyl/N-ethyl adjacent to an activating group) is 1. The number of nitrogens with zero attached hydrogens (tertiary/aromatic N) is 1. The second-order valence-corrected chi connectivity index (χ2v) is 5.28. The fourth-order valence-electron chi connectivity index (χ4n) is 2.02. The summed E-state index contributed by atoms with van der Waals surface area (Å²) in [5, 5.41) is 5.48. The molecule has 0 aliphatic carbocycles. The lowest BCUT2D eigenvalue weighted by molar-refractivity contribution is -0.130. The first-order chi connectivity index (χ1) is 8.72. The molecule has 1 aromatic rings. The number of nitrogens with one attached hydrogen (secondary N) is 1. The molecule has 0 spiro atoms. The Kier molecular flexibility index (Phi) is 6.98. The fourth-order valence-corrected chi connectivity index (χ4v) is 2.86. The van der Waals surface area contributed by atoms with E-state index in [9.17, 15) is 4.79 Å². The van der Waals surface area contributed by atoms with E-state index in [2.05, 4.69) is 29.8 Å². The van der Waals surface area contributed by atoms with E-state index in [1.165, 1.54) is 4.88 Å². The monoisotopic (exact) mass is 268 g/mol. The Labute approximate surface area is 114 Å². The summed E-state index contributed by atoms with van der Waals surface area (Å²) in [6, 6.07) is 4.52. The van der Waals surface area contributed by atoms with Crippen molar-refractivity contribution in [3.05, 3.63) is 22.4 Å². The summed E-state index contributed by atoms with van der Waals surface area (Å²) < 4.78 is 0. The van der Waals surface area contributed by atoms with Gasteiger partial charge in [-0.25, -0.2) is 0 Å². The molecule has 0 saturated heterocycles. The van der Waals surface area contributed by atoms with Crippen LogP contribution in [0, 0.1) is 0 Å². The zero-order valence-corrected chi connectivity index (χ0v) is 12.4. The number of thiophene rings is 1. The smallest absolute Gasteiger partial charge is 0.236 e. The molecule has 18 heavy (non-hydrogen) atoms. The standard InChI is InChI=1S/C14H24N2OS/c1-4-8-12(13-9-7-10-18-13)15-11-14(17)16(5-2)6-3/h7,9-10,12,15H,4-6,8,11H2,1-3H3. The third kappa shape index (κ3) is 4.42. The van der Waals surface area contributed by atoms with Crippen molar-refractivity contribution in [1.82, 2.24) is 10.2 Å². The van der Waals surface area contributed by atoms with Crippen molar-refractivity contribution in [2.45, 2.75) is 39.7 Å². The van der Waals surface area contributed by atoms with Crippen molar-refractivity contribution in [2.24, 2.45) is 0 Å². The van der Waals surface area contributed by atoms with Crippen LogP contribution in [-0.4, -0.2) is 30.4 Å². The summed E-state index contributed by atoms with van der Waals surface area (Å²) in [6.45, 7) is 8.22. The summed E-state index contributed by atoms with van der Waals surface area (Å²) >= 11 is 1.76. The zero-order chi connectivity index (χ0) is 13.4. The molecule has 0 aliphatic rings. The van der Waals surface area contributed by atoms with Gasteiger partial charge in [0.25, 0.3) is 0 Å². The summed E-state index contributed by atoms with van der Waals surface area (Å²) in [6.07, 6.45) is 2.20. The third-order valence-electron chi connectivity index (χ3n) is 3.08. The average molecular weight is 268 g/mol. The molecular formula is C14H24N2OS. The lowest BCUT2D eigenvalue weighted by Gasteiger charge is -2.21. The van der Waals surface area contributed by atoms with Crippen LogP contribution in [-0.2, 0) is 4.79 Å². The van der Waals surface area contributed by atoms with E-state index in [1.807, 2.05) is 18.7 Å². The highest BCUT2D eigenvalue weighted by molar-refractivity contribution is 7.10. The van der Waals surface area contributed by atoms with E-state index in [4.69, 9.17) is 0 Å². The molecular weight excluding hydrogens is 244 g/mol. The Morgan fingerprint density at radius 3 is 2.61 bits per heavy atom. The maximum atomic E-state index is 12.0. The van der Waals surface area contributed by atoms with Crippen LogP contribution in [0.25, 0.3) is 0 Å². The first-order valence-electron chi connectivity index (χ1n) is 6.77. The predicted molar refractivity (Wildman–Crippen MR) is 77.9 cm³/mol. The van der Waals surface area contributed by atoms with Gasteiger partial charge in [0.05, 0.1) is 6.54 Å². The highest BCUT2D eigenvalue weighted by Gasteiger charge is 2.15. The van der Waals surface area contributed by atoms with Crippen molar-refractivity contribution in [3.8, 4) is 0 Å². The van der Waals surface area contributed by atoms with Gasteiger partial charge in [0.1, 0.15) is 0 Å². The first kappa shape index (κ1) is 15.2. The quantitative estimate of drug-likeness (QED) is 0.786. The van der Waals surface area contributed by atoms with E-state index in [1.54, 1.807) is 11.3 Å². The van der Waals surface area contributed by atoms with Gasteiger partial charge in [-0.05, 0) is 31.7 Å². The Morgan fingerprint density at radius 2 is 2.11 bits per heavy atom. The van der Waals surface area contributed by atoms with Crippen molar-refractivity contribution in [3.63, 3.8) is 0 Å². The zero-order valence-electron chi connectivity index (χ0n) is 11.6. The topological polar surface area (TPSA) is 32.3 Å². The number of amides is 1. The van der Waals surface area contributed by atoms with Crippen LogP contribution >= 0.6 is 11.3 Å². The van der Waals surface area contributed by atoms with Crippen LogP contribution < -0.4 is 5.32 Å². The molecule has 0 aliphatic heterocycles. The third-order valence-corrected chi connectivity index (χ3v) is 4.07. The molecule has 1 amide bonds. The van der Waals surface area contributed by atoms with Gasteiger partial charge < -0.3 is 10.2 Å². The Hall–Kier alpha value is -0.870. The molecule has 1 heterocycles. The molecule has 1 atom stereocenters. The molecule has 1 aromatic heterocycles. The normalized spacial score (nSPS) is 12.4. The first-order valence-corrected chi connectivity index (χ1v) is 7.65. The molecule has 1 N–H and O–H groups in total. The molecule has 102 valence electrons. The van der Waals surface area contributed by atoms with Gasteiger partial charge in [-0.15, -0.1) is 11.3 Å². The number of carbonyl (C=O) groups excluding carboxylic acids is 1. The van der Waals surface area contributed by atoms with Gasteiger partial charge >= 0.3 is 0 Å². The van der Waals surface area contributed by atoms with Crippen LogP contribution in [0.3, 0.4) is 0 Å². The second-order valence-electron chi connectivity index (χ2n) is 4.30. The Morgan fingerprint density at radius 1 is 1.39 bits per heavy atom. The molecule has 4 heteroatoms. The van der Waals surface area contributed by atoms with Crippen molar-refractivity contribution < 1.29 is 4.79 Å². The molecule has 0 aromatic carbocycles. The van der Waals surface area contributed by atoms with Crippen LogP contribution in [0.4, 0.5) is 0 Å². The lowest BCUT2D eigenvalue weighted by Crippen LogP contribution is -2.39. The highest BCUT2D eigenvalue weighted by atomic mass is 32.1. The number of rotatable bonds is 8. The van der Waals surface area contributed by atoms with Crippen LogP contribution in [0.2, 0.25) is 0 Å². The van der Waals surface area contributed by atoms with E-state index in [0.29, 0.717) is 12.6 Å². The number of hydrogen-bond acceptors (Lipinski definition) is 3. The van der Waals surface area contributed by atoms with Gasteiger partial charge in [-0.2, -0.15) is 0 Å². The molecule has 0 fully saturated rings. The lowest BCUT2D eigenvalue weighted by atomic mass is 10.1. The van der Waals surface area contributed by atoms with Crippen molar-refractivity contribution in [1.29, 1.82) is 0 Å². The van der Waals surface area contributed by atoms with Gasteiger partial charge in [0, 0.05) is 24.0 Å². The van der Waals surface area contributed by atoms with E-state index in [0.717, 1.165) is 25.9 Å². The number of hydrogen-bond donors (Lipinski definition) is 1. The van der Waals surface area contributed by atoms with Gasteiger partial charge in [0.15, 0.2) is 0 Å². The van der Waals surface area contributed by atoms with Gasteiger partial charge in [-0.3, -0.25) is 4.79 Å². The van der Waals surface area contributed by atoms with E-state index in [-0.39, 0.29) is 5.91 Å². The molecule has 1 unspecified atom stereocenters. The molecule has 0 radical (unpaired) electrons. The minimum absolute atomic E-state index is 0.192.